The first-order valence-corrected chi connectivity index (χ1v) is 10.4. The number of piperidine rings is 1. The van der Waals surface area contributed by atoms with Crippen molar-refractivity contribution in [2.45, 2.75) is 18.9 Å². The average molecular weight is 441 g/mol. The molecule has 4 rings (SSSR count). The summed E-state index contributed by atoms with van der Waals surface area (Å²) in [5, 5.41) is 9.75. The van der Waals surface area contributed by atoms with Crippen molar-refractivity contribution < 1.29 is 14.3 Å². The molecule has 0 saturated carbocycles. The summed E-state index contributed by atoms with van der Waals surface area (Å²) < 4.78 is 5.84. The Hall–Kier alpha value is -3.38. The van der Waals surface area contributed by atoms with Crippen LogP contribution in [0.15, 0.2) is 36.7 Å². The molecule has 1 atom stereocenters. The minimum Gasteiger partial charge on any atom is -0.470 e. The number of carbonyl (C=O) groups is 2. The maximum Gasteiger partial charge on any atom is 0.325 e. The molecule has 2 fully saturated rings. The van der Waals surface area contributed by atoms with E-state index in [1.165, 1.54) is 12.4 Å². The van der Waals surface area contributed by atoms with Gasteiger partial charge in [-0.3, -0.25) is 9.69 Å². The van der Waals surface area contributed by atoms with Crippen molar-refractivity contribution in [1.29, 1.82) is 5.26 Å². The summed E-state index contributed by atoms with van der Waals surface area (Å²) >= 11 is 5.92. The van der Waals surface area contributed by atoms with Crippen LogP contribution in [-0.2, 0) is 4.79 Å². The highest BCUT2D eigenvalue weighted by Crippen LogP contribution is 2.23. The summed E-state index contributed by atoms with van der Waals surface area (Å²) in [5.74, 6) is 0.0527. The number of anilines is 1. The van der Waals surface area contributed by atoms with E-state index >= 15 is 0 Å². The number of nitrogens with zero attached hydrogens (tertiary/aromatic N) is 6. The summed E-state index contributed by atoms with van der Waals surface area (Å²) in [7, 11) is 0. The normalized spacial score (nSPS) is 18.8. The number of amides is 3. The van der Waals surface area contributed by atoms with Gasteiger partial charge in [-0.2, -0.15) is 5.26 Å². The molecule has 9 nitrogen and oxygen atoms in total. The number of halogens is 1. The van der Waals surface area contributed by atoms with Crippen LogP contribution >= 0.6 is 11.6 Å². The zero-order valence-corrected chi connectivity index (χ0v) is 17.5. The third-order valence-electron chi connectivity index (χ3n) is 5.34. The molecule has 1 unspecified atom stereocenters. The molecule has 31 heavy (non-hydrogen) atoms. The lowest BCUT2D eigenvalue weighted by molar-refractivity contribution is -0.134. The third-order valence-corrected chi connectivity index (χ3v) is 5.59. The van der Waals surface area contributed by atoms with Crippen molar-refractivity contribution >= 4 is 29.2 Å². The molecule has 1 aromatic heterocycles. The Bertz CT molecular complexity index is 1010. The van der Waals surface area contributed by atoms with E-state index in [-0.39, 0.29) is 36.2 Å². The quantitative estimate of drug-likeness (QED) is 0.706. The van der Waals surface area contributed by atoms with Crippen LogP contribution in [-0.4, -0.2) is 70.5 Å². The predicted molar refractivity (Wildman–Crippen MR) is 113 cm³/mol. The highest BCUT2D eigenvalue weighted by atomic mass is 35.5. The number of hydrogen-bond donors (Lipinski definition) is 0. The molecule has 0 bridgehead atoms. The summed E-state index contributed by atoms with van der Waals surface area (Å²) in [6.07, 6.45) is 4.14. The Morgan fingerprint density at radius 1 is 1.19 bits per heavy atom. The maximum absolute atomic E-state index is 12.9. The van der Waals surface area contributed by atoms with Gasteiger partial charge in [0.2, 0.25) is 11.6 Å². The molecule has 2 saturated heterocycles. The molecule has 0 spiro atoms. The molecule has 10 heteroatoms. The second-order valence-corrected chi connectivity index (χ2v) is 7.81. The lowest BCUT2D eigenvalue weighted by Gasteiger charge is -2.33. The smallest absolute Gasteiger partial charge is 0.325 e. The van der Waals surface area contributed by atoms with Gasteiger partial charge in [0.05, 0.1) is 6.54 Å². The van der Waals surface area contributed by atoms with Crippen LogP contribution in [0.2, 0.25) is 5.02 Å². The zero-order valence-electron chi connectivity index (χ0n) is 16.8. The molecule has 160 valence electrons. The number of urea groups is 1. The van der Waals surface area contributed by atoms with Crippen LogP contribution in [0, 0.1) is 11.3 Å². The largest absolute Gasteiger partial charge is 0.470 e. The van der Waals surface area contributed by atoms with Gasteiger partial charge in [0.25, 0.3) is 5.88 Å². The second kappa shape index (κ2) is 9.18. The number of aromatic nitrogens is 2. The van der Waals surface area contributed by atoms with Gasteiger partial charge in [-0.1, -0.05) is 11.6 Å². The van der Waals surface area contributed by atoms with Crippen molar-refractivity contribution in [3.63, 3.8) is 0 Å². The van der Waals surface area contributed by atoms with Gasteiger partial charge in [0.15, 0.2) is 0 Å². The lowest BCUT2D eigenvalue weighted by Crippen LogP contribution is -2.48. The summed E-state index contributed by atoms with van der Waals surface area (Å²) in [4.78, 5) is 38.5. The second-order valence-electron chi connectivity index (χ2n) is 7.38. The van der Waals surface area contributed by atoms with E-state index in [0.29, 0.717) is 31.2 Å². The van der Waals surface area contributed by atoms with Crippen LogP contribution in [0.5, 0.6) is 5.88 Å². The van der Waals surface area contributed by atoms with Gasteiger partial charge in [-0.05, 0) is 37.1 Å². The van der Waals surface area contributed by atoms with Crippen LogP contribution in [0.3, 0.4) is 0 Å². The molecular weight excluding hydrogens is 420 g/mol. The molecule has 0 aliphatic carbocycles. The van der Waals surface area contributed by atoms with Crippen molar-refractivity contribution in [2.75, 3.05) is 37.6 Å². The number of hydrogen-bond acceptors (Lipinski definition) is 6. The molecule has 3 heterocycles. The lowest BCUT2D eigenvalue weighted by atomic mass is 10.1. The molecular formula is C21H21ClN6O3. The fourth-order valence-corrected chi connectivity index (χ4v) is 3.89. The monoisotopic (exact) mass is 440 g/mol. The van der Waals surface area contributed by atoms with Gasteiger partial charge < -0.3 is 14.5 Å². The SMILES string of the molecule is N#Cc1nccnc1OC1CCCN(C(=O)CN2CCN(c3ccc(Cl)cc3)C2=O)C1. The molecule has 0 radical (unpaired) electrons. The maximum atomic E-state index is 12.9. The van der Waals surface area contributed by atoms with Crippen molar-refractivity contribution in [3.05, 3.63) is 47.4 Å². The third kappa shape index (κ3) is 4.70. The van der Waals surface area contributed by atoms with E-state index in [1.54, 1.807) is 39.0 Å². The Labute approximate surface area is 184 Å². The van der Waals surface area contributed by atoms with Gasteiger partial charge >= 0.3 is 6.03 Å². The van der Waals surface area contributed by atoms with E-state index in [0.717, 1.165) is 18.5 Å². The molecule has 2 aliphatic heterocycles. The highest BCUT2D eigenvalue weighted by molar-refractivity contribution is 6.30. The Balaban J connectivity index is 1.35. The van der Waals surface area contributed by atoms with Gasteiger partial charge in [-0.25, -0.2) is 14.8 Å². The topological polar surface area (TPSA) is 103 Å². The molecule has 3 amide bonds. The number of benzene rings is 1. The van der Waals surface area contributed by atoms with Crippen molar-refractivity contribution in [1.82, 2.24) is 19.8 Å². The fraction of sp³-hybridized carbons (Fsp3) is 0.381. The van der Waals surface area contributed by atoms with Crippen LogP contribution in [0.25, 0.3) is 0 Å². The molecule has 2 aliphatic rings. The van der Waals surface area contributed by atoms with Gasteiger partial charge in [-0.15, -0.1) is 0 Å². The number of carbonyl (C=O) groups excluding carboxylic acids is 2. The molecule has 2 aromatic rings. The van der Waals surface area contributed by atoms with Gasteiger partial charge in [0.1, 0.15) is 18.7 Å². The fourth-order valence-electron chi connectivity index (χ4n) is 3.76. The number of likely N-dealkylation sites (tertiary alicyclic amines) is 1. The van der Waals surface area contributed by atoms with E-state index in [1.807, 2.05) is 6.07 Å². The van der Waals surface area contributed by atoms with Crippen LogP contribution in [0.1, 0.15) is 18.5 Å². The number of nitriles is 1. The summed E-state index contributed by atoms with van der Waals surface area (Å²) in [6.45, 7) is 2.00. The van der Waals surface area contributed by atoms with E-state index in [2.05, 4.69) is 9.97 Å². The predicted octanol–water partition coefficient (Wildman–Crippen LogP) is 2.31. The standard InChI is InChI=1S/C21H21ClN6O3/c22-15-3-5-16(6-4-15)28-11-10-27(21(28)30)14-19(29)26-9-1-2-17(13-26)31-20-18(12-23)24-7-8-25-20/h3-8,17H,1-2,9-11,13-14H2. The van der Waals surface area contributed by atoms with Crippen molar-refractivity contribution in [3.8, 4) is 11.9 Å². The first-order valence-electron chi connectivity index (χ1n) is 10.0. The summed E-state index contributed by atoms with van der Waals surface area (Å²) in [5.41, 5.74) is 0.879. The summed E-state index contributed by atoms with van der Waals surface area (Å²) in [6, 6.07) is 8.82. The van der Waals surface area contributed by atoms with E-state index in [4.69, 9.17) is 21.6 Å². The Morgan fingerprint density at radius 2 is 1.97 bits per heavy atom. The van der Waals surface area contributed by atoms with Crippen LogP contribution < -0.4 is 9.64 Å². The molecule has 1 aromatic carbocycles. The van der Waals surface area contributed by atoms with E-state index < -0.39 is 0 Å². The van der Waals surface area contributed by atoms with Crippen molar-refractivity contribution in [2.24, 2.45) is 0 Å². The minimum absolute atomic E-state index is 0.0181. The Morgan fingerprint density at radius 3 is 2.74 bits per heavy atom. The van der Waals surface area contributed by atoms with Gasteiger partial charge in [0, 0.05) is 42.7 Å². The first-order chi connectivity index (χ1) is 15.0. The minimum atomic E-state index is -0.277. The average Bonchev–Trinajstić information content (AvgIpc) is 3.15. The number of rotatable bonds is 5. The Kier molecular flexibility index (Phi) is 6.18. The van der Waals surface area contributed by atoms with E-state index in [9.17, 15) is 9.59 Å². The number of ether oxygens (including phenoxy) is 1. The first kappa shape index (κ1) is 20.9. The zero-order chi connectivity index (χ0) is 21.8. The molecule has 0 N–H and O–H groups in total. The highest BCUT2D eigenvalue weighted by Gasteiger charge is 2.33. The van der Waals surface area contributed by atoms with Crippen LogP contribution in [0.4, 0.5) is 10.5 Å².